The molecule has 1 aliphatic rings. The molecular formula is C22H21ClF3N5O2S. The van der Waals surface area contributed by atoms with Crippen molar-refractivity contribution in [3.05, 3.63) is 83.4 Å². The lowest BCUT2D eigenvalue weighted by Crippen LogP contribution is -2.49. The number of benzene rings is 2. The third-order valence-corrected chi connectivity index (χ3v) is 7.17. The molecule has 0 saturated carbocycles. The van der Waals surface area contributed by atoms with Crippen LogP contribution in [-0.2, 0) is 29.5 Å². The molecule has 3 aromatic rings. The summed E-state index contributed by atoms with van der Waals surface area (Å²) in [5.41, 5.74) is -2.88. The molecule has 2 aromatic carbocycles. The molecule has 1 aromatic heterocycles. The molecule has 0 saturated heterocycles. The first-order chi connectivity index (χ1) is 15.7. The Morgan fingerprint density at radius 3 is 2.53 bits per heavy atom. The highest BCUT2D eigenvalue weighted by molar-refractivity contribution is 7.90. The van der Waals surface area contributed by atoms with Crippen LogP contribution >= 0.6 is 12.4 Å². The van der Waals surface area contributed by atoms with Crippen LogP contribution in [0.5, 0.6) is 0 Å². The molecule has 0 unspecified atom stereocenters. The van der Waals surface area contributed by atoms with Crippen LogP contribution in [0.3, 0.4) is 0 Å². The summed E-state index contributed by atoms with van der Waals surface area (Å²) >= 11 is 0. The highest BCUT2D eigenvalue weighted by Gasteiger charge is 2.52. The molecule has 0 radical (unpaired) electrons. The summed E-state index contributed by atoms with van der Waals surface area (Å²) in [6.45, 7) is -0.199. The number of hydrogen-bond acceptors (Lipinski definition) is 5. The average molecular weight is 512 g/mol. The van der Waals surface area contributed by atoms with Gasteiger partial charge in [-0.05, 0) is 35.7 Å². The van der Waals surface area contributed by atoms with Gasteiger partial charge in [0.25, 0.3) is 0 Å². The number of sulfonamides is 1. The molecule has 0 bridgehead atoms. The Morgan fingerprint density at radius 2 is 1.91 bits per heavy atom. The Balaban J connectivity index is 0.00000324. The number of aromatic nitrogens is 2. The van der Waals surface area contributed by atoms with Crippen molar-refractivity contribution in [2.45, 2.75) is 31.1 Å². The van der Waals surface area contributed by atoms with E-state index in [0.29, 0.717) is 15.6 Å². The van der Waals surface area contributed by atoms with Crippen molar-refractivity contribution in [2.24, 2.45) is 0 Å². The molecule has 180 valence electrons. The van der Waals surface area contributed by atoms with Crippen LogP contribution in [-0.4, -0.2) is 40.8 Å². The second-order valence-electron chi connectivity index (χ2n) is 7.75. The SMILES string of the molecule is Cl.N#Cc1ccc2c(c1)CN(S(=O)(=O)C(F)(F)F)[C@H](Cc1ccccc1)CN2Cc1cnc[nH]1. The molecule has 2 heterocycles. The van der Waals surface area contributed by atoms with Crippen LogP contribution in [0.15, 0.2) is 61.1 Å². The van der Waals surface area contributed by atoms with Gasteiger partial charge in [0.05, 0.1) is 30.2 Å². The lowest BCUT2D eigenvalue weighted by Gasteiger charge is -2.32. The number of nitriles is 1. The normalized spacial score (nSPS) is 16.8. The van der Waals surface area contributed by atoms with Crippen LogP contribution < -0.4 is 4.90 Å². The maximum absolute atomic E-state index is 13.7. The molecule has 12 heteroatoms. The van der Waals surface area contributed by atoms with E-state index >= 15 is 0 Å². The van der Waals surface area contributed by atoms with Crippen molar-refractivity contribution >= 4 is 28.1 Å². The van der Waals surface area contributed by atoms with Gasteiger partial charge in [-0.2, -0.15) is 22.7 Å². The number of halogens is 4. The van der Waals surface area contributed by atoms with Crippen molar-refractivity contribution in [1.82, 2.24) is 14.3 Å². The molecule has 0 amide bonds. The smallest absolute Gasteiger partial charge is 0.364 e. The number of nitrogens with one attached hydrogen (secondary N) is 1. The van der Waals surface area contributed by atoms with E-state index in [1.807, 2.05) is 11.0 Å². The lowest BCUT2D eigenvalue weighted by atomic mass is 10.1. The number of nitrogens with zero attached hydrogens (tertiary/aromatic N) is 4. The van der Waals surface area contributed by atoms with Crippen LogP contribution in [0, 0.1) is 11.3 Å². The van der Waals surface area contributed by atoms with E-state index in [1.165, 1.54) is 12.4 Å². The average Bonchev–Trinajstić information content (AvgIpc) is 3.24. The van der Waals surface area contributed by atoms with Gasteiger partial charge in [-0.15, -0.1) is 12.4 Å². The quantitative estimate of drug-likeness (QED) is 0.559. The van der Waals surface area contributed by atoms with E-state index < -0.39 is 28.1 Å². The molecule has 1 N–H and O–H groups in total. The first-order valence-electron chi connectivity index (χ1n) is 10.1. The van der Waals surface area contributed by atoms with Gasteiger partial charge >= 0.3 is 15.5 Å². The Kier molecular flexibility index (Phi) is 7.55. The highest BCUT2D eigenvalue weighted by atomic mass is 35.5. The number of fused-ring (bicyclic) bond motifs is 1. The van der Waals surface area contributed by atoms with Crippen molar-refractivity contribution in [3.63, 3.8) is 0 Å². The molecular weight excluding hydrogens is 491 g/mol. The minimum atomic E-state index is -5.64. The van der Waals surface area contributed by atoms with Crippen LogP contribution in [0.4, 0.5) is 18.9 Å². The van der Waals surface area contributed by atoms with E-state index in [9.17, 15) is 26.9 Å². The zero-order valence-electron chi connectivity index (χ0n) is 17.7. The van der Waals surface area contributed by atoms with Gasteiger partial charge < -0.3 is 9.88 Å². The molecule has 0 fully saturated rings. The van der Waals surface area contributed by atoms with E-state index in [4.69, 9.17) is 0 Å². The van der Waals surface area contributed by atoms with Gasteiger partial charge in [-0.1, -0.05) is 30.3 Å². The van der Waals surface area contributed by atoms with Gasteiger partial charge in [0.1, 0.15) is 0 Å². The first-order valence-corrected chi connectivity index (χ1v) is 11.5. The highest BCUT2D eigenvalue weighted by Crippen LogP contribution is 2.36. The summed E-state index contributed by atoms with van der Waals surface area (Å²) < 4.78 is 66.9. The summed E-state index contributed by atoms with van der Waals surface area (Å²) in [5.74, 6) is 0. The summed E-state index contributed by atoms with van der Waals surface area (Å²) in [7, 11) is -5.64. The minimum Gasteiger partial charge on any atom is -0.364 e. The Labute approximate surface area is 201 Å². The van der Waals surface area contributed by atoms with Gasteiger partial charge in [0.2, 0.25) is 0 Å². The number of rotatable bonds is 5. The first kappa shape index (κ1) is 25.6. The van der Waals surface area contributed by atoms with Crippen molar-refractivity contribution in [2.75, 3.05) is 11.4 Å². The largest absolute Gasteiger partial charge is 0.511 e. The predicted octanol–water partition coefficient (Wildman–Crippen LogP) is 3.99. The van der Waals surface area contributed by atoms with Gasteiger partial charge in [-0.25, -0.2) is 13.4 Å². The third-order valence-electron chi connectivity index (χ3n) is 5.55. The van der Waals surface area contributed by atoms with E-state index in [2.05, 4.69) is 9.97 Å². The maximum Gasteiger partial charge on any atom is 0.511 e. The van der Waals surface area contributed by atoms with Gasteiger partial charge in [0, 0.05) is 31.0 Å². The second kappa shape index (κ2) is 10.0. The van der Waals surface area contributed by atoms with E-state index in [1.54, 1.807) is 48.7 Å². The van der Waals surface area contributed by atoms with E-state index in [0.717, 1.165) is 11.3 Å². The maximum atomic E-state index is 13.7. The summed E-state index contributed by atoms with van der Waals surface area (Å²) in [6.07, 6.45) is 3.19. The van der Waals surface area contributed by atoms with Crippen LogP contribution in [0.1, 0.15) is 22.4 Å². The number of H-pyrrole nitrogens is 1. The molecule has 4 rings (SSSR count). The topological polar surface area (TPSA) is 93.1 Å². The minimum absolute atomic E-state index is 0. The second-order valence-corrected chi connectivity index (χ2v) is 9.63. The van der Waals surface area contributed by atoms with E-state index in [-0.39, 0.29) is 37.5 Å². The molecule has 7 nitrogen and oxygen atoms in total. The Morgan fingerprint density at radius 1 is 1.18 bits per heavy atom. The van der Waals surface area contributed by atoms with Gasteiger partial charge in [0.15, 0.2) is 0 Å². The van der Waals surface area contributed by atoms with Gasteiger partial charge in [-0.3, -0.25) is 0 Å². The summed E-state index contributed by atoms with van der Waals surface area (Å²) in [5, 5.41) is 9.30. The molecule has 1 aliphatic heterocycles. The monoisotopic (exact) mass is 511 g/mol. The number of aromatic amines is 1. The zero-order chi connectivity index (χ0) is 23.6. The molecule has 34 heavy (non-hydrogen) atoms. The lowest BCUT2D eigenvalue weighted by molar-refractivity contribution is -0.0502. The summed E-state index contributed by atoms with van der Waals surface area (Å²) in [6, 6.07) is 14.4. The number of alkyl halides is 3. The van der Waals surface area contributed by atoms with Crippen molar-refractivity contribution < 1.29 is 21.6 Å². The fourth-order valence-corrected chi connectivity index (χ4v) is 5.13. The summed E-state index contributed by atoms with van der Waals surface area (Å²) in [4.78, 5) is 8.78. The predicted molar refractivity (Wildman–Crippen MR) is 122 cm³/mol. The number of anilines is 1. The van der Waals surface area contributed by atoms with Crippen LogP contribution in [0.25, 0.3) is 0 Å². The van der Waals surface area contributed by atoms with Crippen molar-refractivity contribution in [3.8, 4) is 6.07 Å². The van der Waals surface area contributed by atoms with Crippen LogP contribution in [0.2, 0.25) is 0 Å². The Hall–Kier alpha value is -3.07. The molecule has 0 spiro atoms. The Bertz CT molecular complexity index is 1260. The fraction of sp³-hybridized carbons (Fsp3) is 0.273. The number of imidazole rings is 1. The standard InChI is InChI=1S/C22H20F3N5O2S.ClH/c23-22(24,25)33(31,32)30-12-18-8-17(10-26)6-7-21(18)29(13-19-11-27-15-28-19)14-20(30)9-16-4-2-1-3-5-16;/h1-8,11,15,20H,9,12-14H2,(H,27,28);1H/t20-;/m1./s1. The third kappa shape index (κ3) is 5.19. The fourth-order valence-electron chi connectivity index (χ4n) is 4.02. The zero-order valence-corrected chi connectivity index (χ0v) is 19.4. The molecule has 1 atom stereocenters. The molecule has 0 aliphatic carbocycles. The van der Waals surface area contributed by atoms with Crippen molar-refractivity contribution in [1.29, 1.82) is 5.26 Å². The number of hydrogen-bond donors (Lipinski definition) is 1.